The molecule has 0 aliphatic carbocycles. The molecular formula is C20H20ClN3O3S. The lowest BCUT2D eigenvalue weighted by atomic mass is 9.94. The van der Waals surface area contributed by atoms with Crippen LogP contribution >= 0.6 is 22.9 Å². The molecule has 1 atom stereocenters. The van der Waals surface area contributed by atoms with E-state index in [1.807, 2.05) is 22.1 Å². The maximum Gasteiger partial charge on any atom is 0.275 e. The summed E-state index contributed by atoms with van der Waals surface area (Å²) in [6, 6.07) is 10.9. The van der Waals surface area contributed by atoms with Gasteiger partial charge in [0.2, 0.25) is 5.91 Å². The smallest absolute Gasteiger partial charge is 0.275 e. The van der Waals surface area contributed by atoms with Crippen LogP contribution in [-0.2, 0) is 16.1 Å². The molecule has 4 rings (SSSR count). The van der Waals surface area contributed by atoms with Crippen LogP contribution in [0.25, 0.3) is 10.2 Å². The van der Waals surface area contributed by atoms with Gasteiger partial charge in [-0.15, -0.1) is 11.3 Å². The summed E-state index contributed by atoms with van der Waals surface area (Å²) in [5.41, 5.74) is 0.121. The van der Waals surface area contributed by atoms with E-state index in [-0.39, 0.29) is 11.8 Å². The number of hydrogen-bond acceptors (Lipinski definition) is 4. The van der Waals surface area contributed by atoms with Crippen LogP contribution in [0.4, 0.5) is 5.69 Å². The minimum atomic E-state index is -1.10. The largest absolute Gasteiger partial charge is 0.383 e. The van der Waals surface area contributed by atoms with Gasteiger partial charge in [0.1, 0.15) is 16.1 Å². The predicted octanol–water partition coefficient (Wildman–Crippen LogP) is 3.54. The second kappa shape index (κ2) is 7.24. The summed E-state index contributed by atoms with van der Waals surface area (Å²) in [5.74, 6) is -0.432. The first-order chi connectivity index (χ1) is 13.5. The maximum atomic E-state index is 13.5. The zero-order chi connectivity index (χ0) is 19.9. The first kappa shape index (κ1) is 19.0. The Morgan fingerprint density at radius 3 is 2.79 bits per heavy atom. The topological polar surface area (TPSA) is 63.6 Å². The van der Waals surface area contributed by atoms with Crippen molar-refractivity contribution in [2.45, 2.75) is 19.0 Å². The van der Waals surface area contributed by atoms with Crippen molar-refractivity contribution in [2.24, 2.45) is 0 Å². The van der Waals surface area contributed by atoms with Gasteiger partial charge in [0, 0.05) is 29.8 Å². The second-order valence-corrected chi connectivity index (χ2v) is 8.27. The van der Waals surface area contributed by atoms with Crippen molar-refractivity contribution >= 4 is 50.7 Å². The molecule has 1 aromatic carbocycles. The van der Waals surface area contributed by atoms with Gasteiger partial charge in [-0.05, 0) is 48.7 Å². The summed E-state index contributed by atoms with van der Waals surface area (Å²) >= 11 is 7.59. The number of nitrogens with one attached hydrogen (secondary N) is 1. The number of fused-ring (bicyclic) bond motifs is 3. The number of methoxy groups -OCH3 is 1. The maximum absolute atomic E-state index is 13.5. The van der Waals surface area contributed by atoms with E-state index in [1.165, 1.54) is 0 Å². The number of hydrogen-bond donors (Lipinski definition) is 1. The van der Waals surface area contributed by atoms with Crippen LogP contribution in [0.15, 0.2) is 41.8 Å². The molecule has 146 valence electrons. The van der Waals surface area contributed by atoms with Gasteiger partial charge in [-0.2, -0.15) is 0 Å². The van der Waals surface area contributed by atoms with Gasteiger partial charge in [-0.25, -0.2) is 0 Å². The van der Waals surface area contributed by atoms with Crippen LogP contribution in [0.1, 0.15) is 17.4 Å². The molecule has 3 aromatic rings. The van der Waals surface area contributed by atoms with E-state index < -0.39 is 5.54 Å². The number of ether oxygens (including phenoxy) is 1. The van der Waals surface area contributed by atoms with Crippen LogP contribution in [0.3, 0.4) is 0 Å². The van der Waals surface area contributed by atoms with Gasteiger partial charge < -0.3 is 14.6 Å². The fourth-order valence-electron chi connectivity index (χ4n) is 3.65. The van der Waals surface area contributed by atoms with Crippen LogP contribution in [0.5, 0.6) is 0 Å². The summed E-state index contributed by atoms with van der Waals surface area (Å²) in [5, 5.41) is 6.47. The van der Waals surface area contributed by atoms with E-state index >= 15 is 0 Å². The molecule has 0 saturated heterocycles. The first-order valence-electron chi connectivity index (χ1n) is 8.90. The zero-order valence-electron chi connectivity index (χ0n) is 15.6. The summed E-state index contributed by atoms with van der Waals surface area (Å²) in [6.45, 7) is 2.94. The molecule has 0 radical (unpaired) electrons. The van der Waals surface area contributed by atoms with Crippen molar-refractivity contribution in [2.75, 3.05) is 25.2 Å². The number of aromatic nitrogens is 1. The highest BCUT2D eigenvalue weighted by Crippen LogP contribution is 2.37. The van der Waals surface area contributed by atoms with E-state index in [2.05, 4.69) is 5.32 Å². The van der Waals surface area contributed by atoms with Crippen molar-refractivity contribution < 1.29 is 14.3 Å². The molecule has 1 aliphatic rings. The van der Waals surface area contributed by atoms with Crippen molar-refractivity contribution in [3.8, 4) is 0 Å². The van der Waals surface area contributed by atoms with Crippen molar-refractivity contribution in [1.82, 2.24) is 9.88 Å². The number of halogens is 1. The van der Waals surface area contributed by atoms with E-state index in [9.17, 15) is 9.59 Å². The lowest BCUT2D eigenvalue weighted by molar-refractivity contribution is -0.126. The molecule has 2 aromatic heterocycles. The molecular weight excluding hydrogens is 398 g/mol. The van der Waals surface area contributed by atoms with Gasteiger partial charge in [0.15, 0.2) is 0 Å². The van der Waals surface area contributed by atoms with Gasteiger partial charge in [-0.3, -0.25) is 14.5 Å². The Kier molecular flexibility index (Phi) is 4.91. The third kappa shape index (κ3) is 2.99. The molecule has 3 heterocycles. The Morgan fingerprint density at radius 1 is 1.32 bits per heavy atom. The van der Waals surface area contributed by atoms with Gasteiger partial charge >= 0.3 is 0 Å². The summed E-state index contributed by atoms with van der Waals surface area (Å²) in [4.78, 5) is 29.3. The molecule has 0 spiro atoms. The first-order valence-corrected chi connectivity index (χ1v) is 10.2. The van der Waals surface area contributed by atoms with E-state index in [0.717, 1.165) is 10.2 Å². The van der Waals surface area contributed by atoms with Crippen LogP contribution in [0, 0.1) is 0 Å². The average molecular weight is 418 g/mol. The number of carbonyl (C=O) groups is 2. The number of benzene rings is 1. The second-order valence-electron chi connectivity index (χ2n) is 6.94. The molecule has 1 N–H and O–H groups in total. The Balaban J connectivity index is 1.82. The van der Waals surface area contributed by atoms with E-state index in [4.69, 9.17) is 16.3 Å². The van der Waals surface area contributed by atoms with Crippen molar-refractivity contribution in [3.63, 3.8) is 0 Å². The molecule has 28 heavy (non-hydrogen) atoms. The van der Waals surface area contributed by atoms with E-state index in [0.29, 0.717) is 36.1 Å². The Morgan fingerprint density at radius 2 is 2.07 bits per heavy atom. The molecule has 8 heteroatoms. The van der Waals surface area contributed by atoms with E-state index in [1.54, 1.807) is 54.5 Å². The molecule has 2 amide bonds. The molecule has 0 unspecified atom stereocenters. The third-order valence-corrected chi connectivity index (χ3v) is 6.25. The molecule has 0 bridgehead atoms. The highest BCUT2D eigenvalue weighted by atomic mass is 35.5. The highest BCUT2D eigenvalue weighted by molar-refractivity contribution is 7.16. The minimum Gasteiger partial charge on any atom is -0.383 e. The summed E-state index contributed by atoms with van der Waals surface area (Å²) < 4.78 is 6.98. The Hall–Kier alpha value is -2.35. The summed E-state index contributed by atoms with van der Waals surface area (Å²) in [7, 11) is 1.58. The number of nitrogens with zero attached hydrogens (tertiary/aromatic N) is 2. The van der Waals surface area contributed by atoms with Crippen molar-refractivity contribution in [3.05, 3.63) is 52.5 Å². The Labute approximate surface area is 171 Å². The predicted molar refractivity (Wildman–Crippen MR) is 111 cm³/mol. The lowest BCUT2D eigenvalue weighted by Crippen LogP contribution is -2.64. The molecule has 0 saturated carbocycles. The molecule has 0 fully saturated rings. The number of anilines is 1. The number of thiophene rings is 1. The fourth-order valence-corrected chi connectivity index (χ4v) is 4.67. The lowest BCUT2D eigenvalue weighted by Gasteiger charge is -2.43. The Bertz CT molecular complexity index is 1040. The molecule has 6 nitrogen and oxygen atoms in total. The van der Waals surface area contributed by atoms with Gasteiger partial charge in [0.05, 0.1) is 13.2 Å². The SMILES string of the molecule is COCCNC(=O)[C@@]1(C)Cn2c(cc3ccsc32)C(=O)N1c1ccc(Cl)cc1. The van der Waals surface area contributed by atoms with Crippen LogP contribution < -0.4 is 10.2 Å². The average Bonchev–Trinajstić information content (AvgIpc) is 3.26. The van der Waals surface area contributed by atoms with Crippen molar-refractivity contribution in [1.29, 1.82) is 0 Å². The monoisotopic (exact) mass is 417 g/mol. The van der Waals surface area contributed by atoms with Gasteiger partial charge in [0.25, 0.3) is 5.91 Å². The molecule has 1 aliphatic heterocycles. The van der Waals surface area contributed by atoms with Crippen LogP contribution in [-0.4, -0.2) is 42.2 Å². The minimum absolute atomic E-state index is 0.207. The zero-order valence-corrected chi connectivity index (χ0v) is 17.1. The quantitative estimate of drug-likeness (QED) is 0.646. The van der Waals surface area contributed by atoms with Crippen LogP contribution in [0.2, 0.25) is 5.02 Å². The third-order valence-electron chi connectivity index (χ3n) is 5.05. The number of amides is 2. The normalized spacial score (nSPS) is 19.1. The highest BCUT2D eigenvalue weighted by Gasteiger charge is 2.48. The number of carbonyl (C=O) groups excluding carboxylic acids is 2. The standard InChI is InChI=1S/C20H20ClN3O3S/c1-20(19(26)22-8-9-27-2)12-23-16(11-13-7-10-28-18(13)23)17(25)24(20)15-5-3-14(21)4-6-15/h3-7,10-11H,8-9,12H2,1-2H3,(H,22,26)/t20-/m1/s1. The summed E-state index contributed by atoms with van der Waals surface area (Å²) in [6.07, 6.45) is 0. The number of rotatable bonds is 5. The fraction of sp³-hybridized carbons (Fsp3) is 0.300. The van der Waals surface area contributed by atoms with Gasteiger partial charge in [-0.1, -0.05) is 11.6 Å².